The van der Waals surface area contributed by atoms with E-state index in [1.165, 1.54) is 38.5 Å². The number of hydrogen-bond acceptors (Lipinski definition) is 2. The fourth-order valence-electron chi connectivity index (χ4n) is 4.03. The lowest BCUT2D eigenvalue weighted by Crippen LogP contribution is -2.60. The molecule has 3 fully saturated rings. The molecule has 3 rings (SSSR count). The van der Waals surface area contributed by atoms with Crippen molar-refractivity contribution in [3.8, 4) is 0 Å². The van der Waals surface area contributed by atoms with Crippen LogP contribution in [0.2, 0.25) is 0 Å². The first-order valence-electron chi connectivity index (χ1n) is 7.42. The van der Waals surface area contributed by atoms with Crippen LogP contribution in [-0.4, -0.2) is 24.3 Å². The predicted octanol–water partition coefficient (Wildman–Crippen LogP) is 3.11. The number of nitrogens with one attached hydrogen (secondary N) is 1. The fraction of sp³-hybridized carbons (Fsp3) is 1.00. The van der Waals surface area contributed by atoms with Crippen molar-refractivity contribution in [2.24, 2.45) is 11.3 Å². The van der Waals surface area contributed by atoms with Crippen LogP contribution in [0.3, 0.4) is 0 Å². The summed E-state index contributed by atoms with van der Waals surface area (Å²) >= 11 is 0. The molecule has 0 radical (unpaired) electrons. The van der Waals surface area contributed by atoms with Crippen molar-refractivity contribution in [3.63, 3.8) is 0 Å². The quantitative estimate of drug-likeness (QED) is 0.699. The molecule has 17 heavy (non-hydrogen) atoms. The maximum absolute atomic E-state index is 6.64. The second kappa shape index (κ2) is 3.96. The van der Waals surface area contributed by atoms with Gasteiger partial charge in [-0.2, -0.15) is 0 Å². The third-order valence-electron chi connectivity index (χ3n) is 5.48. The van der Waals surface area contributed by atoms with Crippen LogP contribution in [0.5, 0.6) is 0 Å². The van der Waals surface area contributed by atoms with Crippen molar-refractivity contribution in [1.82, 2.24) is 5.32 Å². The molecule has 2 atom stereocenters. The Morgan fingerprint density at radius 2 is 1.76 bits per heavy atom. The number of fused-ring (bicyclic) bond motifs is 1. The molecule has 2 aliphatic carbocycles. The Hall–Kier alpha value is -0.0800. The van der Waals surface area contributed by atoms with Crippen LogP contribution in [0.15, 0.2) is 0 Å². The van der Waals surface area contributed by atoms with Crippen LogP contribution < -0.4 is 5.32 Å². The Morgan fingerprint density at radius 1 is 1.06 bits per heavy atom. The van der Waals surface area contributed by atoms with Gasteiger partial charge in [0, 0.05) is 12.6 Å². The van der Waals surface area contributed by atoms with Gasteiger partial charge in [0.05, 0.1) is 11.7 Å². The Morgan fingerprint density at radius 3 is 2.47 bits per heavy atom. The highest BCUT2D eigenvalue weighted by atomic mass is 16.5. The zero-order valence-electron chi connectivity index (χ0n) is 11.6. The molecule has 98 valence electrons. The lowest BCUT2D eigenvalue weighted by Gasteiger charge is -2.49. The molecule has 0 bridgehead atoms. The smallest absolute Gasteiger partial charge is 0.0811 e. The molecular formula is C15H27NO. The van der Waals surface area contributed by atoms with Gasteiger partial charge in [-0.05, 0) is 49.9 Å². The molecule has 2 nitrogen and oxygen atoms in total. The van der Waals surface area contributed by atoms with E-state index >= 15 is 0 Å². The van der Waals surface area contributed by atoms with Gasteiger partial charge in [0.2, 0.25) is 0 Å². The van der Waals surface area contributed by atoms with E-state index in [1.807, 2.05) is 0 Å². The number of hydrogen-bond donors (Lipinski definition) is 1. The number of rotatable bonds is 0. The van der Waals surface area contributed by atoms with Crippen LogP contribution in [0.1, 0.15) is 59.3 Å². The summed E-state index contributed by atoms with van der Waals surface area (Å²) in [7, 11) is 0. The summed E-state index contributed by atoms with van der Waals surface area (Å²) in [6.45, 7) is 8.23. The van der Waals surface area contributed by atoms with E-state index in [0.717, 1.165) is 12.5 Å². The molecule has 2 saturated carbocycles. The summed E-state index contributed by atoms with van der Waals surface area (Å²) in [5.74, 6) is 0.901. The van der Waals surface area contributed by atoms with Crippen LogP contribution in [0.25, 0.3) is 0 Å². The van der Waals surface area contributed by atoms with Gasteiger partial charge in [0.15, 0.2) is 0 Å². The third-order valence-corrected chi connectivity index (χ3v) is 5.48. The lowest BCUT2D eigenvalue weighted by molar-refractivity contribution is -0.173. The second-order valence-electron chi connectivity index (χ2n) is 7.42. The van der Waals surface area contributed by atoms with Gasteiger partial charge in [-0.25, -0.2) is 0 Å². The van der Waals surface area contributed by atoms with Gasteiger partial charge in [0.1, 0.15) is 0 Å². The van der Waals surface area contributed by atoms with Gasteiger partial charge in [0.25, 0.3) is 0 Å². The SMILES string of the molecule is CC1CCC2(CC1)CNC1CCC(C)(C)C1O2. The van der Waals surface area contributed by atoms with Crippen molar-refractivity contribution in [1.29, 1.82) is 0 Å². The predicted molar refractivity (Wildman–Crippen MR) is 70.0 cm³/mol. The average Bonchev–Trinajstić information content (AvgIpc) is 2.60. The summed E-state index contributed by atoms with van der Waals surface area (Å²) < 4.78 is 6.64. The molecule has 2 heteroatoms. The number of ether oxygens (including phenoxy) is 1. The first-order chi connectivity index (χ1) is 8.01. The lowest BCUT2D eigenvalue weighted by atomic mass is 9.77. The normalized spacial score (nSPS) is 49.2. The van der Waals surface area contributed by atoms with Crippen molar-refractivity contribution >= 4 is 0 Å². The molecule has 3 aliphatic rings. The Balaban J connectivity index is 1.73. The zero-order valence-corrected chi connectivity index (χ0v) is 11.6. The zero-order chi connectivity index (χ0) is 12.1. The number of morpholine rings is 1. The summed E-state index contributed by atoms with van der Waals surface area (Å²) in [5, 5.41) is 3.79. The molecule has 1 spiro atoms. The van der Waals surface area contributed by atoms with Crippen LogP contribution in [0, 0.1) is 11.3 Å². The molecule has 0 amide bonds. The summed E-state index contributed by atoms with van der Waals surface area (Å²) in [6.07, 6.45) is 8.27. The third kappa shape index (κ3) is 2.04. The van der Waals surface area contributed by atoms with E-state index in [4.69, 9.17) is 4.74 Å². The van der Waals surface area contributed by atoms with Crippen molar-refractivity contribution in [3.05, 3.63) is 0 Å². The Labute approximate surface area is 105 Å². The average molecular weight is 237 g/mol. The minimum Gasteiger partial charge on any atom is -0.368 e. The molecule has 1 saturated heterocycles. The Bertz CT molecular complexity index is 291. The second-order valence-corrected chi connectivity index (χ2v) is 7.42. The van der Waals surface area contributed by atoms with Gasteiger partial charge in [-0.3, -0.25) is 0 Å². The standard InChI is InChI=1S/C15H27NO/c1-11-4-8-15(9-5-11)10-16-12-6-7-14(2,3)13(12)17-15/h11-13,16H,4-10H2,1-3H3. The molecule has 1 heterocycles. The minimum absolute atomic E-state index is 0.176. The first kappa shape index (κ1) is 12.0. The van der Waals surface area contributed by atoms with Gasteiger partial charge < -0.3 is 10.1 Å². The Kier molecular flexibility index (Phi) is 2.79. The van der Waals surface area contributed by atoms with Gasteiger partial charge in [-0.15, -0.1) is 0 Å². The van der Waals surface area contributed by atoms with Crippen LogP contribution in [-0.2, 0) is 4.74 Å². The van der Waals surface area contributed by atoms with E-state index in [0.29, 0.717) is 17.6 Å². The summed E-state index contributed by atoms with van der Waals surface area (Å²) in [5.41, 5.74) is 0.545. The highest BCUT2D eigenvalue weighted by Crippen LogP contribution is 2.47. The molecular weight excluding hydrogens is 210 g/mol. The van der Waals surface area contributed by atoms with E-state index < -0.39 is 0 Å². The van der Waals surface area contributed by atoms with E-state index in [9.17, 15) is 0 Å². The molecule has 1 aliphatic heterocycles. The van der Waals surface area contributed by atoms with E-state index in [-0.39, 0.29) is 5.60 Å². The highest BCUT2D eigenvalue weighted by Gasteiger charge is 2.51. The van der Waals surface area contributed by atoms with Crippen molar-refractivity contribution < 1.29 is 4.74 Å². The van der Waals surface area contributed by atoms with Crippen LogP contribution >= 0.6 is 0 Å². The van der Waals surface area contributed by atoms with Crippen molar-refractivity contribution in [2.75, 3.05) is 6.54 Å². The van der Waals surface area contributed by atoms with Crippen molar-refractivity contribution in [2.45, 2.75) is 77.0 Å². The van der Waals surface area contributed by atoms with Gasteiger partial charge in [-0.1, -0.05) is 20.8 Å². The minimum atomic E-state index is 0.176. The molecule has 0 aromatic rings. The fourth-order valence-corrected chi connectivity index (χ4v) is 4.03. The maximum Gasteiger partial charge on any atom is 0.0811 e. The molecule has 0 aromatic carbocycles. The first-order valence-corrected chi connectivity index (χ1v) is 7.42. The van der Waals surface area contributed by atoms with E-state index in [1.54, 1.807) is 0 Å². The summed E-state index contributed by atoms with van der Waals surface area (Å²) in [4.78, 5) is 0. The molecule has 0 aromatic heterocycles. The molecule has 1 N–H and O–H groups in total. The van der Waals surface area contributed by atoms with Gasteiger partial charge >= 0.3 is 0 Å². The maximum atomic E-state index is 6.64. The topological polar surface area (TPSA) is 21.3 Å². The van der Waals surface area contributed by atoms with Crippen LogP contribution in [0.4, 0.5) is 0 Å². The van der Waals surface area contributed by atoms with E-state index in [2.05, 4.69) is 26.1 Å². The summed E-state index contributed by atoms with van der Waals surface area (Å²) in [6, 6.07) is 0.620. The molecule has 2 unspecified atom stereocenters. The monoisotopic (exact) mass is 237 g/mol. The largest absolute Gasteiger partial charge is 0.368 e. The highest BCUT2D eigenvalue weighted by molar-refractivity contribution is 5.04.